The van der Waals surface area contributed by atoms with Crippen molar-refractivity contribution >= 4 is 27.5 Å². The zero-order valence-electron chi connectivity index (χ0n) is 21.4. The summed E-state index contributed by atoms with van der Waals surface area (Å²) in [6, 6.07) is 11.8. The number of rotatable bonds is 14. The molecule has 2 amide bonds. The van der Waals surface area contributed by atoms with E-state index in [1.807, 2.05) is 32.0 Å². The Labute approximate surface area is 213 Å². The number of carbonyl (C=O) groups excluding carboxylic acids is 2. The molecule has 1 N–H and O–H groups in total. The van der Waals surface area contributed by atoms with E-state index < -0.39 is 21.9 Å². The third kappa shape index (κ3) is 8.51. The van der Waals surface area contributed by atoms with Crippen molar-refractivity contribution in [2.75, 3.05) is 30.8 Å². The smallest absolute Gasteiger partial charge is 0.242 e. The van der Waals surface area contributed by atoms with E-state index in [4.69, 9.17) is 4.74 Å². The zero-order chi connectivity index (χ0) is 26.7. The molecule has 1 atom stereocenters. The van der Waals surface area contributed by atoms with E-state index in [-0.39, 0.29) is 37.7 Å². The summed E-state index contributed by atoms with van der Waals surface area (Å²) in [5.74, 6) is -0.308. The molecule has 0 saturated heterocycles. The first-order chi connectivity index (χ1) is 17.1. The van der Waals surface area contributed by atoms with Crippen molar-refractivity contribution in [1.82, 2.24) is 10.2 Å². The molecule has 10 heteroatoms. The van der Waals surface area contributed by atoms with E-state index in [1.54, 1.807) is 18.1 Å². The number of anilines is 1. The molecule has 198 valence electrons. The largest absolute Gasteiger partial charge is 0.497 e. The number of carbonyl (C=O) groups is 2. The highest BCUT2D eigenvalue weighted by molar-refractivity contribution is 7.92. The second-order valence-corrected chi connectivity index (χ2v) is 10.4. The van der Waals surface area contributed by atoms with E-state index in [2.05, 4.69) is 5.32 Å². The van der Waals surface area contributed by atoms with Crippen molar-refractivity contribution in [3.63, 3.8) is 0 Å². The van der Waals surface area contributed by atoms with Crippen LogP contribution in [0.2, 0.25) is 0 Å². The molecule has 2 rings (SSSR count). The molecule has 0 aliphatic heterocycles. The normalized spacial score (nSPS) is 12.0. The lowest BCUT2D eigenvalue weighted by atomic mass is 10.1. The number of nitrogens with one attached hydrogen (secondary N) is 1. The average Bonchev–Trinajstić information content (AvgIpc) is 2.85. The molecule has 36 heavy (non-hydrogen) atoms. The predicted molar refractivity (Wildman–Crippen MR) is 139 cm³/mol. The van der Waals surface area contributed by atoms with Gasteiger partial charge in [0.05, 0.1) is 19.1 Å². The van der Waals surface area contributed by atoms with Crippen LogP contribution >= 0.6 is 0 Å². The Morgan fingerprint density at radius 3 is 2.39 bits per heavy atom. The van der Waals surface area contributed by atoms with Crippen LogP contribution < -0.4 is 14.4 Å². The fourth-order valence-corrected chi connectivity index (χ4v) is 4.83. The summed E-state index contributed by atoms with van der Waals surface area (Å²) in [6.45, 7) is 4.57. The van der Waals surface area contributed by atoms with Crippen molar-refractivity contribution in [2.45, 2.75) is 52.1 Å². The summed E-state index contributed by atoms with van der Waals surface area (Å²) in [6.07, 6.45) is 2.53. The maximum Gasteiger partial charge on any atom is 0.242 e. The van der Waals surface area contributed by atoms with Gasteiger partial charge >= 0.3 is 0 Å². The number of hydrogen-bond acceptors (Lipinski definition) is 5. The van der Waals surface area contributed by atoms with Crippen molar-refractivity contribution in [2.24, 2.45) is 0 Å². The fourth-order valence-electron chi connectivity index (χ4n) is 3.86. The van der Waals surface area contributed by atoms with Crippen molar-refractivity contribution in [3.8, 4) is 5.75 Å². The Kier molecular flexibility index (Phi) is 11.2. The van der Waals surface area contributed by atoms with Crippen molar-refractivity contribution < 1.29 is 27.1 Å². The van der Waals surface area contributed by atoms with E-state index in [1.165, 1.54) is 24.3 Å². The third-order valence-electron chi connectivity index (χ3n) is 5.69. The van der Waals surface area contributed by atoms with Crippen molar-refractivity contribution in [3.05, 3.63) is 59.9 Å². The van der Waals surface area contributed by atoms with Crippen LogP contribution in [-0.2, 0) is 26.2 Å². The Hall–Kier alpha value is -3.14. The van der Waals surface area contributed by atoms with Gasteiger partial charge in [-0.3, -0.25) is 13.9 Å². The molecule has 0 aliphatic carbocycles. The lowest BCUT2D eigenvalue weighted by Crippen LogP contribution is -2.49. The summed E-state index contributed by atoms with van der Waals surface area (Å²) in [7, 11) is -2.08. The Morgan fingerprint density at radius 2 is 1.81 bits per heavy atom. The Bertz CT molecular complexity index is 1110. The van der Waals surface area contributed by atoms with Crippen LogP contribution in [0.25, 0.3) is 0 Å². The number of amides is 2. The van der Waals surface area contributed by atoms with Gasteiger partial charge in [-0.25, -0.2) is 12.8 Å². The average molecular weight is 522 g/mol. The molecule has 2 aromatic carbocycles. The monoisotopic (exact) mass is 521 g/mol. The molecule has 0 spiro atoms. The number of benzene rings is 2. The van der Waals surface area contributed by atoms with Crippen LogP contribution in [0.3, 0.4) is 0 Å². The first kappa shape index (κ1) is 29.1. The Morgan fingerprint density at radius 1 is 1.11 bits per heavy atom. The van der Waals surface area contributed by atoms with Gasteiger partial charge < -0.3 is 15.0 Å². The van der Waals surface area contributed by atoms with E-state index >= 15 is 0 Å². The number of methoxy groups -OCH3 is 1. The van der Waals surface area contributed by atoms with Gasteiger partial charge in [-0.1, -0.05) is 26.0 Å². The van der Waals surface area contributed by atoms with Crippen LogP contribution in [0.15, 0.2) is 48.5 Å². The number of halogens is 1. The third-order valence-corrected chi connectivity index (χ3v) is 6.88. The fraction of sp³-hybridized carbons (Fsp3) is 0.462. The second kappa shape index (κ2) is 13.8. The maximum atomic E-state index is 13.4. The van der Waals surface area contributed by atoms with Gasteiger partial charge in [-0.05, 0) is 61.2 Å². The first-order valence-corrected chi connectivity index (χ1v) is 13.9. The van der Waals surface area contributed by atoms with Crippen LogP contribution in [0, 0.1) is 5.82 Å². The molecular formula is C26H36FN3O5S. The summed E-state index contributed by atoms with van der Waals surface area (Å²) >= 11 is 0. The van der Waals surface area contributed by atoms with Crippen LogP contribution in [0.4, 0.5) is 10.1 Å². The number of ether oxygens (including phenoxy) is 1. The second-order valence-electron chi connectivity index (χ2n) is 8.50. The summed E-state index contributed by atoms with van der Waals surface area (Å²) in [4.78, 5) is 27.8. The molecule has 0 aliphatic rings. The van der Waals surface area contributed by atoms with Gasteiger partial charge in [-0.2, -0.15) is 0 Å². The highest BCUT2D eigenvalue weighted by Crippen LogP contribution is 2.21. The van der Waals surface area contributed by atoms with Gasteiger partial charge in [0.15, 0.2) is 0 Å². The van der Waals surface area contributed by atoms with E-state index in [9.17, 15) is 22.4 Å². The molecule has 0 bridgehead atoms. The topological polar surface area (TPSA) is 96.0 Å². The molecule has 0 radical (unpaired) electrons. The van der Waals surface area contributed by atoms with E-state index in [0.29, 0.717) is 24.4 Å². The number of sulfonamides is 1. The van der Waals surface area contributed by atoms with Gasteiger partial charge in [0.2, 0.25) is 21.8 Å². The van der Waals surface area contributed by atoms with Crippen molar-refractivity contribution in [1.29, 1.82) is 0 Å². The van der Waals surface area contributed by atoms with Gasteiger partial charge in [0.1, 0.15) is 17.6 Å². The van der Waals surface area contributed by atoms with E-state index in [0.717, 1.165) is 22.5 Å². The summed E-state index contributed by atoms with van der Waals surface area (Å²) < 4.78 is 44.4. The molecule has 0 fully saturated rings. The maximum absolute atomic E-state index is 13.4. The molecular weight excluding hydrogens is 485 g/mol. The molecule has 2 aromatic rings. The SMILES string of the molecule is CCCNC(=O)C(CC)N(Cc1cccc(OC)c1)C(=O)CCCN(c1ccc(F)cc1)S(C)(=O)=O. The summed E-state index contributed by atoms with van der Waals surface area (Å²) in [5.41, 5.74) is 1.14. The molecule has 0 heterocycles. The minimum atomic E-state index is -3.64. The van der Waals surface area contributed by atoms with Crippen LogP contribution in [-0.4, -0.2) is 57.6 Å². The number of nitrogens with zero attached hydrogens (tertiary/aromatic N) is 2. The highest BCUT2D eigenvalue weighted by Gasteiger charge is 2.28. The zero-order valence-corrected chi connectivity index (χ0v) is 22.2. The van der Waals surface area contributed by atoms with Gasteiger partial charge in [-0.15, -0.1) is 0 Å². The lowest BCUT2D eigenvalue weighted by Gasteiger charge is -2.31. The standard InChI is InChI=1S/C26H36FN3O5S/c1-5-16-28-26(32)24(6-2)29(19-20-9-7-10-23(18-20)35-3)25(31)11-8-17-30(36(4,33)34)22-14-12-21(27)13-15-22/h7,9-10,12-15,18,24H,5-6,8,11,16-17,19H2,1-4H3,(H,28,32). The molecule has 8 nitrogen and oxygen atoms in total. The highest BCUT2D eigenvalue weighted by atomic mass is 32.2. The van der Waals surface area contributed by atoms with Gasteiger partial charge in [0, 0.05) is 26.1 Å². The predicted octanol–water partition coefficient (Wildman–Crippen LogP) is 3.71. The lowest BCUT2D eigenvalue weighted by molar-refractivity contribution is -0.141. The quantitative estimate of drug-likeness (QED) is 0.409. The number of hydrogen-bond donors (Lipinski definition) is 1. The van der Waals surface area contributed by atoms with Crippen LogP contribution in [0.5, 0.6) is 5.75 Å². The van der Waals surface area contributed by atoms with Crippen LogP contribution in [0.1, 0.15) is 45.1 Å². The Balaban J connectivity index is 2.21. The molecule has 0 saturated carbocycles. The summed E-state index contributed by atoms with van der Waals surface area (Å²) in [5, 5.41) is 2.87. The molecule has 0 aromatic heterocycles. The first-order valence-electron chi connectivity index (χ1n) is 12.0. The minimum absolute atomic E-state index is 0.0364. The molecule has 1 unspecified atom stereocenters. The van der Waals surface area contributed by atoms with Gasteiger partial charge in [0.25, 0.3) is 0 Å². The minimum Gasteiger partial charge on any atom is -0.497 e.